The van der Waals surface area contributed by atoms with Crippen molar-refractivity contribution in [2.45, 2.75) is 180 Å². The Balaban J connectivity index is 4.10. The van der Waals surface area contributed by atoms with E-state index in [-0.39, 0.29) is 25.4 Å². The average molecular weight is 699 g/mol. The van der Waals surface area contributed by atoms with Crippen molar-refractivity contribution < 1.29 is 37.6 Å². The Morgan fingerprint density at radius 3 is 1.52 bits per heavy atom. The molecule has 0 radical (unpaired) electrons. The number of esters is 2. The van der Waals surface area contributed by atoms with E-state index < -0.39 is 26.5 Å². The van der Waals surface area contributed by atoms with Crippen molar-refractivity contribution in [2.24, 2.45) is 0 Å². The topological polar surface area (TPSA) is 108 Å². The second kappa shape index (κ2) is 35.1. The summed E-state index contributed by atoms with van der Waals surface area (Å²) in [4.78, 5) is 34.3. The van der Waals surface area contributed by atoms with E-state index in [0.29, 0.717) is 6.42 Å². The SMILES string of the molecule is CCCCC/C=C\C/C=C\CCCCCCCC(=O)OC(COC(=O)CCCCCCC/C=C\CCCCCCC)COP(=O)(O)OC. The fourth-order valence-corrected chi connectivity index (χ4v) is 5.55. The van der Waals surface area contributed by atoms with Crippen LogP contribution in [0.5, 0.6) is 0 Å². The summed E-state index contributed by atoms with van der Waals surface area (Å²) in [7, 11) is -3.21. The van der Waals surface area contributed by atoms with Crippen molar-refractivity contribution in [3.8, 4) is 0 Å². The van der Waals surface area contributed by atoms with Crippen LogP contribution in [0.3, 0.4) is 0 Å². The molecular weight excluding hydrogens is 627 g/mol. The monoisotopic (exact) mass is 698 g/mol. The fourth-order valence-electron chi connectivity index (χ4n) is 5.09. The van der Waals surface area contributed by atoms with E-state index in [9.17, 15) is 19.0 Å². The first-order valence-electron chi connectivity index (χ1n) is 19.2. The number of phosphoric ester groups is 1. The van der Waals surface area contributed by atoms with Crippen molar-refractivity contribution in [1.82, 2.24) is 0 Å². The minimum atomic E-state index is -4.26. The molecule has 0 aliphatic rings. The van der Waals surface area contributed by atoms with Crippen molar-refractivity contribution >= 4 is 19.8 Å². The van der Waals surface area contributed by atoms with E-state index in [4.69, 9.17) is 14.0 Å². The van der Waals surface area contributed by atoms with Crippen LogP contribution in [0, 0.1) is 0 Å². The summed E-state index contributed by atoms with van der Waals surface area (Å²) in [5.41, 5.74) is 0. The number of phosphoric acid groups is 1. The van der Waals surface area contributed by atoms with Crippen molar-refractivity contribution in [2.75, 3.05) is 20.3 Å². The Morgan fingerprint density at radius 1 is 0.583 bits per heavy atom. The van der Waals surface area contributed by atoms with Gasteiger partial charge < -0.3 is 14.4 Å². The maximum atomic E-state index is 12.4. The van der Waals surface area contributed by atoms with Gasteiger partial charge in [-0.15, -0.1) is 0 Å². The lowest BCUT2D eigenvalue weighted by molar-refractivity contribution is -0.161. The van der Waals surface area contributed by atoms with E-state index in [2.05, 4.69) is 54.8 Å². The van der Waals surface area contributed by atoms with Crippen molar-refractivity contribution in [1.29, 1.82) is 0 Å². The summed E-state index contributed by atoms with van der Waals surface area (Å²) in [5.74, 6) is -0.831. The predicted molar refractivity (Wildman–Crippen MR) is 198 cm³/mol. The molecule has 0 aromatic carbocycles. The first-order chi connectivity index (χ1) is 23.3. The highest BCUT2D eigenvalue weighted by Crippen LogP contribution is 2.42. The first kappa shape index (κ1) is 46.3. The number of allylic oxidation sites excluding steroid dienone is 6. The third-order valence-electron chi connectivity index (χ3n) is 8.11. The van der Waals surface area contributed by atoms with Crippen LogP contribution in [0.15, 0.2) is 36.5 Å². The molecule has 48 heavy (non-hydrogen) atoms. The van der Waals surface area contributed by atoms with Crippen LogP contribution in [-0.4, -0.2) is 43.3 Å². The van der Waals surface area contributed by atoms with Crippen molar-refractivity contribution in [3.63, 3.8) is 0 Å². The summed E-state index contributed by atoms with van der Waals surface area (Å²) < 4.78 is 31.9. The smallest absolute Gasteiger partial charge is 0.462 e. The first-order valence-corrected chi connectivity index (χ1v) is 20.7. The molecule has 0 amide bonds. The van der Waals surface area contributed by atoms with E-state index in [0.717, 1.165) is 84.2 Å². The number of ether oxygens (including phenoxy) is 2. The molecular formula is C39H71O8P. The molecule has 0 aliphatic heterocycles. The van der Waals surface area contributed by atoms with Gasteiger partial charge in [0.1, 0.15) is 6.61 Å². The van der Waals surface area contributed by atoms with Gasteiger partial charge in [-0.2, -0.15) is 0 Å². The molecule has 2 unspecified atom stereocenters. The lowest BCUT2D eigenvalue weighted by Crippen LogP contribution is -2.29. The summed E-state index contributed by atoms with van der Waals surface area (Å²) in [6.07, 6.45) is 39.0. The highest BCUT2D eigenvalue weighted by atomic mass is 31.2. The molecule has 0 bridgehead atoms. The Kier molecular flexibility index (Phi) is 33.8. The zero-order chi connectivity index (χ0) is 35.4. The second-order valence-electron chi connectivity index (χ2n) is 12.7. The lowest BCUT2D eigenvalue weighted by atomic mass is 10.1. The minimum absolute atomic E-state index is 0.227. The average Bonchev–Trinajstić information content (AvgIpc) is 3.07. The maximum Gasteiger partial charge on any atom is 0.472 e. The van der Waals surface area contributed by atoms with Gasteiger partial charge in [0.25, 0.3) is 0 Å². The second-order valence-corrected chi connectivity index (χ2v) is 14.3. The van der Waals surface area contributed by atoms with Gasteiger partial charge in [-0.05, 0) is 70.6 Å². The molecule has 280 valence electrons. The Morgan fingerprint density at radius 2 is 1.00 bits per heavy atom. The minimum Gasteiger partial charge on any atom is -0.462 e. The van der Waals surface area contributed by atoms with Crippen LogP contribution in [-0.2, 0) is 32.7 Å². The Bertz CT molecular complexity index is 885. The van der Waals surface area contributed by atoms with Crippen LogP contribution in [0.2, 0.25) is 0 Å². The maximum absolute atomic E-state index is 12.4. The zero-order valence-electron chi connectivity index (χ0n) is 30.9. The van der Waals surface area contributed by atoms with Gasteiger partial charge in [0, 0.05) is 20.0 Å². The number of hydrogen-bond donors (Lipinski definition) is 1. The summed E-state index contributed by atoms with van der Waals surface area (Å²) in [6, 6.07) is 0. The van der Waals surface area contributed by atoms with Crippen LogP contribution < -0.4 is 0 Å². The molecule has 0 saturated carbocycles. The van der Waals surface area contributed by atoms with Gasteiger partial charge in [-0.25, -0.2) is 4.57 Å². The van der Waals surface area contributed by atoms with Gasteiger partial charge in [-0.1, -0.05) is 127 Å². The number of carbonyl (C=O) groups is 2. The molecule has 2 atom stereocenters. The Hall–Kier alpha value is -1.73. The van der Waals surface area contributed by atoms with E-state index in [1.807, 2.05) is 0 Å². The van der Waals surface area contributed by atoms with Gasteiger partial charge >= 0.3 is 19.8 Å². The molecule has 0 aromatic rings. The number of hydrogen-bond acceptors (Lipinski definition) is 7. The fraction of sp³-hybridized carbons (Fsp3) is 0.795. The predicted octanol–water partition coefficient (Wildman–Crippen LogP) is 11.7. The largest absolute Gasteiger partial charge is 0.472 e. The molecule has 1 N–H and O–H groups in total. The summed E-state index contributed by atoms with van der Waals surface area (Å²) in [5, 5.41) is 0. The molecule has 0 fully saturated rings. The lowest BCUT2D eigenvalue weighted by Gasteiger charge is -2.19. The van der Waals surface area contributed by atoms with Crippen LogP contribution in [0.4, 0.5) is 0 Å². The quantitative estimate of drug-likeness (QED) is 0.0301. The third-order valence-corrected chi connectivity index (χ3v) is 9.04. The van der Waals surface area contributed by atoms with Gasteiger partial charge in [0.15, 0.2) is 6.10 Å². The third kappa shape index (κ3) is 34.1. The van der Waals surface area contributed by atoms with Gasteiger partial charge in [0.2, 0.25) is 0 Å². The summed E-state index contributed by atoms with van der Waals surface area (Å²) >= 11 is 0. The molecule has 0 aliphatic carbocycles. The van der Waals surface area contributed by atoms with Gasteiger partial charge in [-0.3, -0.25) is 18.6 Å². The highest BCUT2D eigenvalue weighted by Gasteiger charge is 2.24. The highest BCUT2D eigenvalue weighted by molar-refractivity contribution is 7.47. The number of rotatable bonds is 35. The van der Waals surface area contributed by atoms with Crippen molar-refractivity contribution in [3.05, 3.63) is 36.5 Å². The zero-order valence-corrected chi connectivity index (χ0v) is 31.8. The van der Waals surface area contributed by atoms with Crippen LogP contribution >= 0.6 is 7.82 Å². The molecule has 0 saturated heterocycles. The Labute approximate surface area is 294 Å². The van der Waals surface area contributed by atoms with Crippen LogP contribution in [0.25, 0.3) is 0 Å². The molecule has 8 nitrogen and oxygen atoms in total. The number of unbranched alkanes of at least 4 members (excludes halogenated alkanes) is 18. The molecule has 0 rings (SSSR count). The van der Waals surface area contributed by atoms with E-state index in [1.165, 1.54) is 64.2 Å². The number of carbonyl (C=O) groups excluding carboxylic acids is 2. The van der Waals surface area contributed by atoms with Gasteiger partial charge in [0.05, 0.1) is 6.61 Å². The molecule has 9 heteroatoms. The van der Waals surface area contributed by atoms with E-state index >= 15 is 0 Å². The van der Waals surface area contributed by atoms with E-state index in [1.54, 1.807) is 0 Å². The summed E-state index contributed by atoms with van der Waals surface area (Å²) in [6.45, 7) is 3.82. The van der Waals surface area contributed by atoms with Crippen LogP contribution in [0.1, 0.15) is 174 Å². The molecule has 0 aromatic heterocycles. The molecule has 0 heterocycles. The normalized spacial score (nSPS) is 13.8. The standard InChI is InChI=1S/C39H71O8P/c1-4-6-8-10-12-14-16-18-20-22-24-26-28-30-32-34-39(41)47-37(36-46-48(42,43)44-3)35-45-38(40)33-31-29-27-25-23-21-19-17-15-13-11-9-7-5-2/h12,14,17-20,37H,4-11,13,15-16,21-36H2,1-3H3,(H,42,43)/b14-12-,19-17-,20-18-. The molecule has 0 spiro atoms.